The first kappa shape index (κ1) is 136. The van der Waals surface area contributed by atoms with Crippen molar-refractivity contribution in [1.82, 2.24) is 43.2 Å². The normalized spacial score (nSPS) is 9.13. The molecule has 504 valence electrons. The molecule has 3 amide bonds. The number of hydrogen-bond donors (Lipinski definition) is 8. The first-order valence-electron chi connectivity index (χ1n) is 19.0. The van der Waals surface area contributed by atoms with Crippen LogP contribution in [0.2, 0.25) is 0 Å². The molecule has 0 fully saturated rings. The second kappa shape index (κ2) is 78.9. The summed E-state index contributed by atoms with van der Waals surface area (Å²) >= 11 is 0. The molecule has 0 aliphatic heterocycles. The van der Waals surface area contributed by atoms with Crippen molar-refractivity contribution in [2.24, 2.45) is 10.9 Å². The molecule has 0 aromatic carbocycles. The Balaban J connectivity index is -0.0000000263. The van der Waals surface area contributed by atoms with Crippen molar-refractivity contribution in [2.45, 2.75) is 79.2 Å². The van der Waals surface area contributed by atoms with Crippen molar-refractivity contribution in [2.75, 3.05) is 163 Å². The quantitative estimate of drug-likeness (QED) is 0.145. The van der Waals surface area contributed by atoms with Crippen molar-refractivity contribution in [3.8, 4) is 0 Å². The van der Waals surface area contributed by atoms with E-state index in [2.05, 4.69) is 40.4 Å². The third-order valence-electron chi connectivity index (χ3n) is 3.71. The van der Waals surface area contributed by atoms with Crippen LogP contribution in [0.1, 0.15) is 79.2 Å². The Labute approximate surface area is 485 Å². The second-order valence-corrected chi connectivity index (χ2v) is 28.1. The molecule has 79 heavy (non-hydrogen) atoms. The number of primary amides is 1. The number of rotatable bonds is 5. The van der Waals surface area contributed by atoms with Crippen LogP contribution in [-0.4, -0.2) is 275 Å². The van der Waals surface area contributed by atoms with E-state index in [9.17, 15) is 78.1 Å². The zero-order valence-corrected chi connectivity index (χ0v) is 54.1. The number of ether oxygens (including phenoxy) is 1. The number of nitrogens with two attached hydrogens (primary N) is 2. The van der Waals surface area contributed by atoms with Crippen molar-refractivity contribution in [3.05, 3.63) is 0 Å². The number of carbonyl (C=O) groups is 5. The zero-order chi connectivity index (χ0) is 63.9. The van der Waals surface area contributed by atoms with Crippen LogP contribution in [0.3, 0.4) is 0 Å². The van der Waals surface area contributed by atoms with E-state index >= 15 is 0 Å². The van der Waals surface area contributed by atoms with E-state index in [1.54, 1.807) is 21.1 Å². The summed E-state index contributed by atoms with van der Waals surface area (Å²) in [6.45, 7) is 6.75. The number of carbonyl (C=O) groups excluding carboxylic acids is 4. The highest BCUT2D eigenvalue weighted by Crippen LogP contribution is 1.83. The average molecular weight is 1320 g/mol. The fraction of sp³-hybridized carbons (Fsp3) is 0.875. The lowest BCUT2D eigenvalue weighted by Crippen LogP contribution is -2.19. The largest absolute Gasteiger partial charge is 0.481 e. The van der Waals surface area contributed by atoms with Crippen LogP contribution in [0.4, 0.5) is 0 Å². The fourth-order valence-electron chi connectivity index (χ4n) is 0. The highest BCUT2D eigenvalue weighted by atomic mass is 32.2. The summed E-state index contributed by atoms with van der Waals surface area (Å²) in [5.74, 6) is -1.31. The molecule has 0 bridgehead atoms. The Morgan fingerprint density at radius 1 is 0.456 bits per heavy atom. The van der Waals surface area contributed by atoms with Crippen LogP contribution in [0.5, 0.6) is 0 Å². The van der Waals surface area contributed by atoms with Gasteiger partial charge in [0.25, 0.3) is 5.97 Å². The van der Waals surface area contributed by atoms with Gasteiger partial charge >= 0.3 is 5.97 Å². The zero-order valence-electron chi connectivity index (χ0n) is 48.4. The summed E-state index contributed by atoms with van der Waals surface area (Å²) in [6, 6.07) is 0. The van der Waals surface area contributed by atoms with Gasteiger partial charge in [-0.05, 0) is 56.4 Å². The van der Waals surface area contributed by atoms with Gasteiger partial charge in [-0.25, -0.2) is 86.8 Å². The lowest BCUT2D eigenvalue weighted by molar-refractivity contribution is -0.138. The standard InChI is InChI=1S/C4H9NO.2C3H9NO2S.C3H7NO.C3H9N.C3H6O2.3C2H7NO2S.C2H5NO.C2H7N.C2H6O2S.C2H4O2.CH5NO2S.6CH4/c1-4(6)5(2)3;2*1-4(2)7(3,5)6;1-3(5)4-2;1-4(2)3;1-3(4)5-2;3*1-3-6(2,4)5;1-2(3)4;1-3-2;1-5(2,3)4;1-2(3)4;1-5(2,3)4;;;;;;/h1-3H3;2*1-3H3;1-2H3,(H,4,5);1-3H3;1-2H3;3*3H,1-2H3;1H3,(H2,3,4);3H,1-2H3;1-2H3;1H3,(H,3,4);1H3,(H2,2,3,4);6*1H4. The molecule has 0 aromatic heterocycles. The van der Waals surface area contributed by atoms with Crippen LogP contribution in [0, 0.1) is 0 Å². The molecule has 0 radical (unpaired) electrons. The number of carboxylic acids is 1. The number of amides is 3. The van der Waals surface area contributed by atoms with Crippen LogP contribution >= 0.6 is 0 Å². The molecule has 39 heteroatoms. The van der Waals surface area contributed by atoms with Crippen LogP contribution < -0.4 is 35.7 Å². The number of sulfone groups is 1. The number of esters is 1. The Hall–Kier alpha value is -3.32. The lowest BCUT2D eigenvalue weighted by Gasteiger charge is -2.02. The number of primary sulfonamides is 1. The maximum atomic E-state index is 10.3. The molecule has 0 saturated carbocycles. The topological polar surface area (TPSA) is 479 Å². The van der Waals surface area contributed by atoms with Gasteiger partial charge in [0.05, 0.1) is 44.6 Å². The molecule has 0 unspecified atom stereocenters. The first-order chi connectivity index (χ1) is 31.4. The minimum atomic E-state index is -3.17. The highest BCUT2D eigenvalue weighted by molar-refractivity contribution is 7.90. The number of nitrogens with zero attached hydrogens (tertiary/aromatic N) is 4. The Morgan fingerprint density at radius 3 is 0.519 bits per heavy atom. The van der Waals surface area contributed by atoms with Gasteiger partial charge in [-0.1, -0.05) is 44.6 Å². The summed E-state index contributed by atoms with van der Waals surface area (Å²) < 4.78 is 151. The average Bonchev–Trinajstić information content (AvgIpc) is 3.10. The predicted molar refractivity (Wildman–Crippen MR) is 334 cm³/mol. The molecule has 0 rings (SSSR count). The van der Waals surface area contributed by atoms with Gasteiger partial charge in [0.1, 0.15) is 9.84 Å². The summed E-state index contributed by atoms with van der Waals surface area (Å²) in [5.41, 5.74) is 4.47. The van der Waals surface area contributed by atoms with E-state index in [4.69, 9.17) is 9.90 Å². The molecule has 0 heterocycles. The van der Waals surface area contributed by atoms with Gasteiger partial charge in [0.15, 0.2) is 0 Å². The van der Waals surface area contributed by atoms with Crippen molar-refractivity contribution in [3.63, 3.8) is 0 Å². The van der Waals surface area contributed by atoms with E-state index in [-0.39, 0.29) is 68.3 Å². The Morgan fingerprint density at radius 2 is 0.519 bits per heavy atom. The molecule has 0 aromatic rings. The smallest absolute Gasteiger partial charge is 0.302 e. The van der Waals surface area contributed by atoms with Crippen molar-refractivity contribution in [1.29, 1.82) is 0 Å². The minimum absolute atomic E-state index is 0. The van der Waals surface area contributed by atoms with Crippen LogP contribution in [-0.2, 0) is 98.7 Å². The first-order valence-corrected chi connectivity index (χ1v) is 32.6. The van der Waals surface area contributed by atoms with Gasteiger partial charge in [0, 0.05) is 96.5 Å². The van der Waals surface area contributed by atoms with Crippen molar-refractivity contribution < 1.29 is 92.7 Å². The second-order valence-electron chi connectivity index (χ2n) is 13.9. The Bertz CT molecular complexity index is 1950. The SMILES string of the molecule is C.C.C.C.C.C.CC(=O)N(C)C.CC(=O)O.CC(N)=O.CN(C)C.CN(C)S(C)(=O)=O.CN(C)S(C)(=O)=O.CNC.CNC(C)=O.CNS(C)(=O)=O.CNS(C)(=O)=O.CNS(C)(=O)=O.COC(C)=O.CS(C)(=O)=O.CS(N)(=O)=O. The van der Waals surface area contributed by atoms with Gasteiger partial charge in [-0.3, -0.25) is 24.0 Å². The Kier molecular flexibility index (Phi) is 136. The van der Waals surface area contributed by atoms with E-state index in [0.717, 1.165) is 65.6 Å². The number of sulfonamides is 6. The minimum Gasteiger partial charge on any atom is -0.481 e. The number of carboxylic acid groups (broad SMARTS) is 1. The summed E-state index contributed by atoms with van der Waals surface area (Å²) in [7, 11) is 5.86. The number of aliphatic carboxylic acids is 1. The van der Waals surface area contributed by atoms with Gasteiger partial charge in [-0.2, -0.15) is 0 Å². The van der Waals surface area contributed by atoms with Crippen LogP contribution in [0.25, 0.3) is 0 Å². The molecular weight excluding hydrogens is 1190 g/mol. The molecular formula is C40H121N11O21S7. The monoisotopic (exact) mass is 1320 g/mol. The third-order valence-corrected chi connectivity index (χ3v) is 8.59. The van der Waals surface area contributed by atoms with Crippen molar-refractivity contribution >= 4 is 99.6 Å². The van der Waals surface area contributed by atoms with Crippen LogP contribution in [0.15, 0.2) is 0 Å². The third kappa shape index (κ3) is 598. The predicted octanol–water partition coefficient (Wildman–Crippen LogP) is -1.48. The van der Waals surface area contributed by atoms with E-state index in [1.165, 1.54) is 89.0 Å². The summed E-state index contributed by atoms with van der Waals surface area (Å²) in [6.07, 6.45) is 8.89. The number of hydrogen-bond acceptors (Lipinski definition) is 22. The van der Waals surface area contributed by atoms with Gasteiger partial charge in [0.2, 0.25) is 77.9 Å². The summed E-state index contributed by atoms with van der Waals surface area (Å²) in [4.78, 5) is 51.1. The maximum absolute atomic E-state index is 10.3. The maximum Gasteiger partial charge on any atom is 0.302 e. The summed E-state index contributed by atoms with van der Waals surface area (Å²) in [5, 5.41) is 16.9. The fourth-order valence-corrected chi connectivity index (χ4v) is 0. The molecule has 0 atom stereocenters. The van der Waals surface area contributed by atoms with E-state index < -0.39 is 75.9 Å². The van der Waals surface area contributed by atoms with Gasteiger partial charge in [-0.15, -0.1) is 0 Å². The molecule has 0 aliphatic carbocycles. The molecule has 0 aliphatic rings. The highest BCUT2D eigenvalue weighted by Gasteiger charge is 2.01. The lowest BCUT2D eigenvalue weighted by atomic mass is 10.7. The number of methoxy groups -OCH3 is 1. The molecule has 32 nitrogen and oxygen atoms in total. The van der Waals surface area contributed by atoms with Gasteiger partial charge < -0.3 is 36.0 Å². The molecule has 10 N–H and O–H groups in total. The number of nitrogens with one attached hydrogen (secondary N) is 5. The van der Waals surface area contributed by atoms with E-state index in [0.29, 0.717) is 0 Å². The molecule has 0 spiro atoms. The van der Waals surface area contributed by atoms with E-state index in [1.807, 2.05) is 40.1 Å². The molecule has 0 saturated heterocycles.